The van der Waals surface area contributed by atoms with E-state index in [1.165, 1.54) is 11.4 Å². The van der Waals surface area contributed by atoms with E-state index in [1.807, 2.05) is 0 Å². The number of methoxy groups -OCH3 is 2. The SMILES string of the molecule is COCC1CCCN1S(=O)(=O)c1cc(Br)ccc1OC. The Kier molecular flexibility index (Phi) is 5.06. The summed E-state index contributed by atoms with van der Waals surface area (Å²) in [6.45, 7) is 0.932. The first kappa shape index (κ1) is 15.8. The molecular formula is C13H18BrNO4S. The number of benzene rings is 1. The topological polar surface area (TPSA) is 55.8 Å². The summed E-state index contributed by atoms with van der Waals surface area (Å²) in [5.41, 5.74) is 0. The van der Waals surface area contributed by atoms with Gasteiger partial charge in [-0.3, -0.25) is 0 Å². The summed E-state index contributed by atoms with van der Waals surface area (Å²) in [5, 5.41) is 0. The van der Waals surface area contributed by atoms with Gasteiger partial charge in [-0.2, -0.15) is 4.31 Å². The van der Waals surface area contributed by atoms with Crippen molar-refractivity contribution in [2.75, 3.05) is 27.4 Å². The van der Waals surface area contributed by atoms with E-state index in [1.54, 1.807) is 25.3 Å². The molecule has 0 aromatic heterocycles. The molecule has 0 spiro atoms. The third-order valence-corrected chi connectivity index (χ3v) is 5.86. The van der Waals surface area contributed by atoms with E-state index in [0.29, 0.717) is 23.4 Å². The summed E-state index contributed by atoms with van der Waals surface area (Å²) in [5.74, 6) is 0.358. The number of rotatable bonds is 5. The summed E-state index contributed by atoms with van der Waals surface area (Å²) >= 11 is 3.31. The predicted octanol–water partition coefficient (Wildman–Crippen LogP) is 2.26. The third kappa shape index (κ3) is 3.00. The average Bonchev–Trinajstić information content (AvgIpc) is 2.88. The van der Waals surface area contributed by atoms with Gasteiger partial charge in [-0.25, -0.2) is 8.42 Å². The smallest absolute Gasteiger partial charge is 0.247 e. The molecule has 0 saturated carbocycles. The summed E-state index contributed by atoms with van der Waals surface area (Å²) in [4.78, 5) is 0.192. The quantitative estimate of drug-likeness (QED) is 0.804. The lowest BCUT2D eigenvalue weighted by atomic mass is 10.2. The van der Waals surface area contributed by atoms with Crippen LogP contribution in [-0.2, 0) is 14.8 Å². The Morgan fingerprint density at radius 2 is 2.15 bits per heavy atom. The van der Waals surface area contributed by atoms with Crippen molar-refractivity contribution in [2.24, 2.45) is 0 Å². The van der Waals surface area contributed by atoms with Gasteiger partial charge in [0.1, 0.15) is 10.6 Å². The van der Waals surface area contributed by atoms with Gasteiger partial charge in [-0.1, -0.05) is 15.9 Å². The molecule has 1 aromatic rings. The zero-order chi connectivity index (χ0) is 14.8. The van der Waals surface area contributed by atoms with Crippen molar-refractivity contribution < 1.29 is 17.9 Å². The molecule has 1 atom stereocenters. The Morgan fingerprint density at radius 3 is 2.80 bits per heavy atom. The standard InChI is InChI=1S/C13H18BrNO4S/c1-18-9-11-4-3-7-15(11)20(16,17)13-8-10(14)5-6-12(13)19-2/h5-6,8,11H,3-4,7,9H2,1-2H3. The van der Waals surface area contributed by atoms with Crippen LogP contribution in [0.15, 0.2) is 27.6 Å². The van der Waals surface area contributed by atoms with Crippen molar-refractivity contribution in [3.63, 3.8) is 0 Å². The van der Waals surface area contributed by atoms with Crippen LogP contribution >= 0.6 is 15.9 Å². The fraction of sp³-hybridized carbons (Fsp3) is 0.538. The molecular weight excluding hydrogens is 346 g/mol. The van der Waals surface area contributed by atoms with Gasteiger partial charge in [0.25, 0.3) is 0 Å². The van der Waals surface area contributed by atoms with Crippen LogP contribution < -0.4 is 4.74 Å². The van der Waals surface area contributed by atoms with E-state index < -0.39 is 10.0 Å². The average molecular weight is 364 g/mol. The number of hydrogen-bond acceptors (Lipinski definition) is 4. The molecule has 1 fully saturated rings. The van der Waals surface area contributed by atoms with Gasteiger partial charge in [-0.05, 0) is 31.0 Å². The minimum atomic E-state index is -3.58. The second-order valence-corrected chi connectivity index (χ2v) is 7.44. The maximum atomic E-state index is 12.8. The highest BCUT2D eigenvalue weighted by Crippen LogP contribution is 2.33. The maximum absolute atomic E-state index is 12.8. The third-order valence-electron chi connectivity index (χ3n) is 3.39. The van der Waals surface area contributed by atoms with Crippen LogP contribution in [-0.4, -0.2) is 46.1 Å². The zero-order valence-electron chi connectivity index (χ0n) is 11.5. The first-order valence-corrected chi connectivity index (χ1v) is 8.58. The molecule has 20 heavy (non-hydrogen) atoms. The summed E-state index contributed by atoms with van der Waals surface area (Å²) in [7, 11) is -0.520. The number of ether oxygens (including phenoxy) is 2. The lowest BCUT2D eigenvalue weighted by Crippen LogP contribution is -2.38. The van der Waals surface area contributed by atoms with Crippen LogP contribution in [0.5, 0.6) is 5.75 Å². The van der Waals surface area contributed by atoms with Crippen LogP contribution in [0, 0.1) is 0 Å². The number of sulfonamides is 1. The molecule has 0 aliphatic carbocycles. The highest BCUT2D eigenvalue weighted by Gasteiger charge is 2.36. The van der Waals surface area contributed by atoms with Gasteiger partial charge >= 0.3 is 0 Å². The van der Waals surface area contributed by atoms with Crippen molar-refractivity contribution in [3.8, 4) is 5.75 Å². The Bertz CT molecular complexity index is 576. The van der Waals surface area contributed by atoms with E-state index in [0.717, 1.165) is 12.8 Å². The second kappa shape index (κ2) is 6.43. The fourth-order valence-corrected chi connectivity index (χ4v) is 4.84. The van der Waals surface area contributed by atoms with Crippen molar-refractivity contribution in [2.45, 2.75) is 23.8 Å². The number of hydrogen-bond donors (Lipinski definition) is 0. The highest BCUT2D eigenvalue weighted by molar-refractivity contribution is 9.10. The Balaban J connectivity index is 2.42. The molecule has 2 rings (SSSR count). The molecule has 1 aliphatic rings. The van der Waals surface area contributed by atoms with Crippen LogP contribution in [0.3, 0.4) is 0 Å². The second-order valence-electron chi connectivity index (χ2n) is 4.66. The Labute approximate surface area is 128 Å². The molecule has 0 radical (unpaired) electrons. The highest BCUT2D eigenvalue weighted by atomic mass is 79.9. The lowest BCUT2D eigenvalue weighted by molar-refractivity contribution is 0.149. The van der Waals surface area contributed by atoms with Crippen LogP contribution in [0.4, 0.5) is 0 Å². The lowest BCUT2D eigenvalue weighted by Gasteiger charge is -2.24. The molecule has 7 heteroatoms. The molecule has 1 saturated heterocycles. The molecule has 1 aromatic carbocycles. The first-order chi connectivity index (χ1) is 9.50. The Hall–Kier alpha value is -0.630. The Morgan fingerprint density at radius 1 is 1.40 bits per heavy atom. The van der Waals surface area contributed by atoms with Crippen LogP contribution in [0.25, 0.3) is 0 Å². The van der Waals surface area contributed by atoms with Gasteiger partial charge in [0, 0.05) is 24.2 Å². The van der Waals surface area contributed by atoms with Gasteiger partial charge in [0.05, 0.1) is 13.7 Å². The van der Waals surface area contributed by atoms with E-state index in [2.05, 4.69) is 15.9 Å². The van der Waals surface area contributed by atoms with Crippen molar-refractivity contribution in [3.05, 3.63) is 22.7 Å². The van der Waals surface area contributed by atoms with Crippen molar-refractivity contribution in [1.82, 2.24) is 4.31 Å². The molecule has 0 bridgehead atoms. The largest absolute Gasteiger partial charge is 0.495 e. The van der Waals surface area contributed by atoms with Crippen molar-refractivity contribution >= 4 is 26.0 Å². The fourth-order valence-electron chi connectivity index (χ4n) is 2.46. The van der Waals surface area contributed by atoms with Crippen LogP contribution in [0.1, 0.15) is 12.8 Å². The van der Waals surface area contributed by atoms with E-state index in [4.69, 9.17) is 9.47 Å². The van der Waals surface area contributed by atoms with Crippen LogP contribution in [0.2, 0.25) is 0 Å². The maximum Gasteiger partial charge on any atom is 0.247 e. The number of nitrogens with zero attached hydrogens (tertiary/aromatic N) is 1. The summed E-state index contributed by atoms with van der Waals surface area (Å²) in [6, 6.07) is 4.89. The first-order valence-electron chi connectivity index (χ1n) is 6.35. The molecule has 112 valence electrons. The normalized spacial score (nSPS) is 20.2. The molecule has 1 aliphatic heterocycles. The molecule has 0 amide bonds. The summed E-state index contributed by atoms with van der Waals surface area (Å²) in [6.07, 6.45) is 1.67. The minimum Gasteiger partial charge on any atom is -0.495 e. The summed E-state index contributed by atoms with van der Waals surface area (Å²) < 4.78 is 38.2. The monoisotopic (exact) mass is 363 g/mol. The van der Waals surface area contributed by atoms with E-state index in [-0.39, 0.29) is 10.9 Å². The van der Waals surface area contributed by atoms with Crippen molar-refractivity contribution in [1.29, 1.82) is 0 Å². The molecule has 1 unspecified atom stereocenters. The number of halogens is 1. The van der Waals surface area contributed by atoms with Gasteiger partial charge in [0.15, 0.2) is 0 Å². The molecule has 1 heterocycles. The minimum absolute atomic E-state index is 0.103. The van der Waals surface area contributed by atoms with Gasteiger partial charge < -0.3 is 9.47 Å². The molecule has 5 nitrogen and oxygen atoms in total. The van der Waals surface area contributed by atoms with E-state index >= 15 is 0 Å². The predicted molar refractivity (Wildman–Crippen MR) is 79.5 cm³/mol. The zero-order valence-corrected chi connectivity index (χ0v) is 13.9. The van der Waals surface area contributed by atoms with E-state index in [9.17, 15) is 8.42 Å². The molecule has 0 N–H and O–H groups in total. The van der Waals surface area contributed by atoms with Gasteiger partial charge in [-0.15, -0.1) is 0 Å². The van der Waals surface area contributed by atoms with Gasteiger partial charge in [0.2, 0.25) is 10.0 Å².